The number of amides is 1. The number of carbonyl (C=O) groups excluding carboxylic acids is 2. The Hall–Kier alpha value is -1.33. The van der Waals surface area contributed by atoms with E-state index in [1.807, 2.05) is 0 Å². The number of ketones is 1. The monoisotopic (exact) mass is 326 g/mol. The molecule has 1 aliphatic heterocycles. The summed E-state index contributed by atoms with van der Waals surface area (Å²) >= 11 is 0. The zero-order chi connectivity index (χ0) is 14.8. The molecule has 3 rings (SSSR count). The summed E-state index contributed by atoms with van der Waals surface area (Å²) in [6.45, 7) is 4.58. The number of rotatable bonds is 4. The Morgan fingerprint density at radius 1 is 1.41 bits per heavy atom. The van der Waals surface area contributed by atoms with Crippen LogP contribution in [0.5, 0.6) is 0 Å². The Morgan fingerprint density at radius 3 is 2.91 bits per heavy atom. The molecule has 5 nitrogen and oxygen atoms in total. The maximum absolute atomic E-state index is 12.2. The molecule has 2 heterocycles. The van der Waals surface area contributed by atoms with E-state index in [0.29, 0.717) is 41.5 Å². The second kappa shape index (κ2) is 7.29. The van der Waals surface area contributed by atoms with Gasteiger partial charge in [0.2, 0.25) is 0 Å². The van der Waals surface area contributed by atoms with Crippen LogP contribution in [0.25, 0.3) is 0 Å². The van der Waals surface area contributed by atoms with Gasteiger partial charge in [-0.15, -0.1) is 12.4 Å². The summed E-state index contributed by atoms with van der Waals surface area (Å²) in [5.41, 5.74) is 1.35. The van der Waals surface area contributed by atoms with Crippen LogP contribution in [0.15, 0.2) is 4.42 Å². The van der Waals surface area contributed by atoms with E-state index >= 15 is 0 Å². The van der Waals surface area contributed by atoms with Gasteiger partial charge in [-0.05, 0) is 45.2 Å². The number of nitrogens with one attached hydrogen (secondary N) is 2. The van der Waals surface area contributed by atoms with Crippen molar-refractivity contribution in [2.75, 3.05) is 19.6 Å². The Balaban J connectivity index is 0.00000176. The van der Waals surface area contributed by atoms with Crippen LogP contribution in [0, 0.1) is 12.8 Å². The molecule has 0 aromatic carbocycles. The lowest BCUT2D eigenvalue weighted by atomic mass is 9.94. The van der Waals surface area contributed by atoms with Gasteiger partial charge >= 0.3 is 0 Å². The minimum Gasteiger partial charge on any atom is -0.455 e. The van der Waals surface area contributed by atoms with Crippen molar-refractivity contribution in [2.45, 2.75) is 39.0 Å². The van der Waals surface area contributed by atoms with Crippen LogP contribution in [0.3, 0.4) is 0 Å². The van der Waals surface area contributed by atoms with Crippen LogP contribution >= 0.6 is 12.4 Å². The molecule has 0 saturated carbocycles. The minimum atomic E-state index is -0.194. The van der Waals surface area contributed by atoms with Crippen LogP contribution in [0.1, 0.15) is 57.9 Å². The molecule has 1 fully saturated rings. The van der Waals surface area contributed by atoms with Crippen LogP contribution in [0.4, 0.5) is 0 Å². The fourth-order valence-corrected chi connectivity index (χ4v) is 3.30. The number of halogens is 1. The van der Waals surface area contributed by atoms with Gasteiger partial charge in [-0.1, -0.05) is 0 Å². The van der Waals surface area contributed by atoms with E-state index in [-0.39, 0.29) is 24.1 Å². The predicted molar refractivity (Wildman–Crippen MR) is 85.9 cm³/mol. The third kappa shape index (κ3) is 3.36. The van der Waals surface area contributed by atoms with Gasteiger partial charge in [0.25, 0.3) is 5.91 Å². The van der Waals surface area contributed by atoms with Crippen molar-refractivity contribution in [3.63, 3.8) is 0 Å². The first-order valence-electron chi connectivity index (χ1n) is 7.81. The Bertz CT molecular complexity index is 562. The lowest BCUT2D eigenvalue weighted by Gasteiger charge is -2.08. The smallest absolute Gasteiger partial charge is 0.287 e. The zero-order valence-corrected chi connectivity index (χ0v) is 13.7. The van der Waals surface area contributed by atoms with Gasteiger partial charge in [-0.2, -0.15) is 0 Å². The van der Waals surface area contributed by atoms with Gasteiger partial charge in [0.05, 0.1) is 5.56 Å². The number of aryl methyl sites for hydroxylation is 1. The molecule has 1 aromatic rings. The highest BCUT2D eigenvalue weighted by atomic mass is 35.5. The van der Waals surface area contributed by atoms with E-state index in [0.717, 1.165) is 32.4 Å². The first kappa shape index (κ1) is 17.0. The molecule has 0 bridgehead atoms. The number of furan rings is 1. The van der Waals surface area contributed by atoms with E-state index in [2.05, 4.69) is 10.6 Å². The quantitative estimate of drug-likeness (QED) is 0.890. The lowest BCUT2D eigenvalue weighted by Crippen LogP contribution is -2.26. The highest BCUT2D eigenvalue weighted by Crippen LogP contribution is 2.29. The third-order valence-electron chi connectivity index (χ3n) is 4.51. The maximum Gasteiger partial charge on any atom is 0.287 e. The molecular weight excluding hydrogens is 304 g/mol. The number of Topliss-reactive ketones (excluding diaryl/α,β-unsaturated/α-hetero) is 1. The Morgan fingerprint density at radius 2 is 2.23 bits per heavy atom. The highest BCUT2D eigenvalue weighted by molar-refractivity contribution is 6.03. The normalized spacial score (nSPS) is 20.4. The molecule has 2 aliphatic rings. The van der Waals surface area contributed by atoms with Gasteiger partial charge in [0.15, 0.2) is 11.5 Å². The number of hydrogen-bond acceptors (Lipinski definition) is 4. The van der Waals surface area contributed by atoms with Crippen molar-refractivity contribution in [2.24, 2.45) is 5.92 Å². The maximum atomic E-state index is 12.2. The third-order valence-corrected chi connectivity index (χ3v) is 4.51. The summed E-state index contributed by atoms with van der Waals surface area (Å²) in [5, 5.41) is 6.24. The standard InChI is InChI=1S/C16H22N2O3.ClH/c1-10-14-12(19)3-2-4-13(14)21-15(10)16(20)18-8-6-11-5-7-17-9-11;/h11,17H,2-9H2,1H3,(H,18,20);1H. The van der Waals surface area contributed by atoms with Crippen LogP contribution < -0.4 is 10.6 Å². The molecule has 1 aromatic heterocycles. The molecule has 22 heavy (non-hydrogen) atoms. The zero-order valence-electron chi connectivity index (χ0n) is 12.9. The van der Waals surface area contributed by atoms with Crippen LogP contribution in [-0.2, 0) is 6.42 Å². The number of fused-ring (bicyclic) bond motifs is 1. The average molecular weight is 327 g/mol. The minimum absolute atomic E-state index is 0. The fraction of sp³-hybridized carbons (Fsp3) is 0.625. The highest BCUT2D eigenvalue weighted by Gasteiger charge is 2.28. The molecule has 0 radical (unpaired) electrons. The van der Waals surface area contributed by atoms with Crippen LogP contribution in [-0.4, -0.2) is 31.3 Å². The molecule has 2 N–H and O–H groups in total. The largest absolute Gasteiger partial charge is 0.455 e. The van der Waals surface area contributed by atoms with Crippen molar-refractivity contribution in [3.8, 4) is 0 Å². The first-order valence-corrected chi connectivity index (χ1v) is 7.81. The van der Waals surface area contributed by atoms with Crippen molar-refractivity contribution < 1.29 is 14.0 Å². The second-order valence-electron chi connectivity index (χ2n) is 6.03. The van der Waals surface area contributed by atoms with Crippen LogP contribution in [0.2, 0.25) is 0 Å². The molecular formula is C16H23ClN2O3. The van der Waals surface area contributed by atoms with Crippen molar-refractivity contribution >= 4 is 24.1 Å². The number of carbonyl (C=O) groups is 2. The van der Waals surface area contributed by atoms with Gasteiger partial charge in [-0.25, -0.2) is 0 Å². The molecule has 122 valence electrons. The van der Waals surface area contributed by atoms with E-state index in [1.54, 1.807) is 6.92 Å². The summed E-state index contributed by atoms with van der Waals surface area (Å²) in [5.74, 6) is 1.57. The SMILES string of the molecule is Cc1c(C(=O)NCCC2CCNC2)oc2c1C(=O)CCC2.Cl. The second-order valence-corrected chi connectivity index (χ2v) is 6.03. The molecule has 0 spiro atoms. The van der Waals surface area contributed by atoms with Crippen molar-refractivity contribution in [3.05, 3.63) is 22.6 Å². The molecule has 1 aliphatic carbocycles. The van der Waals surface area contributed by atoms with Gasteiger partial charge in [0, 0.05) is 24.9 Å². The summed E-state index contributed by atoms with van der Waals surface area (Å²) < 4.78 is 5.65. The van der Waals surface area contributed by atoms with Crippen molar-refractivity contribution in [1.29, 1.82) is 0 Å². The molecule has 1 saturated heterocycles. The Labute approximate surface area is 136 Å². The molecule has 6 heteroatoms. The van der Waals surface area contributed by atoms with E-state index in [4.69, 9.17) is 4.42 Å². The Kier molecular flexibility index (Phi) is 5.64. The summed E-state index contributed by atoms with van der Waals surface area (Å²) in [6, 6.07) is 0. The summed E-state index contributed by atoms with van der Waals surface area (Å²) in [4.78, 5) is 24.2. The molecule has 1 unspecified atom stereocenters. The van der Waals surface area contributed by atoms with Gasteiger partial charge in [-0.3, -0.25) is 9.59 Å². The molecule has 1 atom stereocenters. The number of hydrogen-bond donors (Lipinski definition) is 2. The summed E-state index contributed by atoms with van der Waals surface area (Å²) in [6.07, 6.45) is 4.29. The van der Waals surface area contributed by atoms with Gasteiger partial charge < -0.3 is 15.1 Å². The fourth-order valence-electron chi connectivity index (χ4n) is 3.30. The average Bonchev–Trinajstić information content (AvgIpc) is 3.08. The van der Waals surface area contributed by atoms with Crippen molar-refractivity contribution in [1.82, 2.24) is 10.6 Å². The molecule has 1 amide bonds. The topological polar surface area (TPSA) is 71.3 Å². The van der Waals surface area contributed by atoms with Gasteiger partial charge in [0.1, 0.15) is 5.76 Å². The lowest BCUT2D eigenvalue weighted by molar-refractivity contribution is 0.0917. The van der Waals surface area contributed by atoms with E-state index < -0.39 is 0 Å². The predicted octanol–water partition coefficient (Wildman–Crippen LogP) is 2.26. The van der Waals surface area contributed by atoms with E-state index in [9.17, 15) is 9.59 Å². The first-order chi connectivity index (χ1) is 10.2. The van der Waals surface area contributed by atoms with E-state index in [1.165, 1.54) is 6.42 Å². The summed E-state index contributed by atoms with van der Waals surface area (Å²) in [7, 11) is 0.